The lowest BCUT2D eigenvalue weighted by atomic mass is 10.3. The minimum Gasteiger partial charge on any atom is -0.383 e. The fourth-order valence-corrected chi connectivity index (χ4v) is 1.50. The van der Waals surface area contributed by atoms with Gasteiger partial charge in [-0.15, -0.1) is 0 Å². The summed E-state index contributed by atoms with van der Waals surface area (Å²) in [6, 6.07) is 0.192. The summed E-state index contributed by atoms with van der Waals surface area (Å²) in [7, 11) is 7.46. The number of hydrogen-bond donors (Lipinski definition) is 1. The normalized spacial score (nSPS) is 12.1. The maximum absolute atomic E-state index is 5.16. The highest BCUT2D eigenvalue weighted by molar-refractivity contribution is 5.44. The second kappa shape index (κ2) is 7.08. The molecule has 1 unspecified atom stereocenters. The lowest BCUT2D eigenvalue weighted by Crippen LogP contribution is -2.34. The number of nitrogens with one attached hydrogen (secondary N) is 1. The van der Waals surface area contributed by atoms with Crippen LogP contribution in [0.2, 0.25) is 0 Å². The van der Waals surface area contributed by atoms with Crippen LogP contribution in [-0.2, 0) is 4.74 Å². The van der Waals surface area contributed by atoms with Crippen molar-refractivity contribution >= 4 is 17.8 Å². The Hall–Kier alpha value is -1.63. The molecular weight excluding hydrogens is 244 g/mol. The SMILES string of the molecule is CCNc1nc(N(C)C)nc(N(C)C(C)COC)n1. The molecule has 7 heteroatoms. The molecule has 108 valence electrons. The molecule has 1 atom stereocenters. The zero-order chi connectivity index (χ0) is 14.4. The Morgan fingerprint density at radius 1 is 1.16 bits per heavy atom. The molecule has 7 nitrogen and oxygen atoms in total. The maximum atomic E-state index is 5.16. The molecule has 0 amide bonds. The first kappa shape index (κ1) is 15.4. The molecule has 1 aromatic rings. The standard InChI is InChI=1S/C12H24N6O/c1-7-13-10-14-11(17(3)4)16-12(15-10)18(5)9(2)8-19-6/h9H,7-8H2,1-6H3,(H,13,14,15,16). The van der Waals surface area contributed by atoms with Gasteiger partial charge in [0.05, 0.1) is 12.6 Å². The molecule has 0 aromatic carbocycles. The average Bonchev–Trinajstić information content (AvgIpc) is 2.38. The molecule has 1 N–H and O–H groups in total. The van der Waals surface area contributed by atoms with Crippen molar-refractivity contribution in [3.05, 3.63) is 0 Å². The lowest BCUT2D eigenvalue weighted by molar-refractivity contribution is 0.183. The first-order valence-electron chi connectivity index (χ1n) is 6.38. The molecule has 0 radical (unpaired) electrons. The van der Waals surface area contributed by atoms with Gasteiger partial charge >= 0.3 is 0 Å². The molecule has 1 heterocycles. The first-order valence-corrected chi connectivity index (χ1v) is 6.38. The zero-order valence-corrected chi connectivity index (χ0v) is 12.6. The van der Waals surface area contributed by atoms with Crippen molar-refractivity contribution in [3.63, 3.8) is 0 Å². The van der Waals surface area contributed by atoms with Crippen LogP contribution in [0, 0.1) is 0 Å². The van der Waals surface area contributed by atoms with Crippen LogP contribution >= 0.6 is 0 Å². The maximum Gasteiger partial charge on any atom is 0.232 e. The van der Waals surface area contributed by atoms with Gasteiger partial charge in [0.1, 0.15) is 0 Å². The summed E-state index contributed by atoms with van der Waals surface area (Å²) in [6.45, 7) is 5.47. The van der Waals surface area contributed by atoms with Crippen molar-refractivity contribution in [2.24, 2.45) is 0 Å². The Labute approximate surface area is 115 Å². The fraction of sp³-hybridized carbons (Fsp3) is 0.750. The van der Waals surface area contributed by atoms with Crippen LogP contribution in [0.5, 0.6) is 0 Å². The van der Waals surface area contributed by atoms with Gasteiger partial charge in [0, 0.05) is 34.8 Å². The quantitative estimate of drug-likeness (QED) is 0.786. The van der Waals surface area contributed by atoms with Crippen LogP contribution in [0.15, 0.2) is 0 Å². The molecule has 0 fully saturated rings. The summed E-state index contributed by atoms with van der Waals surface area (Å²) in [5, 5.41) is 3.12. The van der Waals surface area contributed by atoms with Crippen molar-refractivity contribution in [1.29, 1.82) is 0 Å². The number of nitrogens with zero attached hydrogens (tertiary/aromatic N) is 5. The average molecular weight is 268 g/mol. The topological polar surface area (TPSA) is 66.4 Å². The molecular formula is C12H24N6O. The molecule has 19 heavy (non-hydrogen) atoms. The second-order valence-corrected chi connectivity index (χ2v) is 4.60. The van der Waals surface area contributed by atoms with Crippen LogP contribution in [0.1, 0.15) is 13.8 Å². The molecule has 0 aliphatic heterocycles. The van der Waals surface area contributed by atoms with Crippen molar-refractivity contribution in [2.75, 3.05) is 56.5 Å². The van der Waals surface area contributed by atoms with E-state index in [4.69, 9.17) is 4.74 Å². The van der Waals surface area contributed by atoms with Crippen molar-refractivity contribution < 1.29 is 4.74 Å². The van der Waals surface area contributed by atoms with E-state index in [1.54, 1.807) is 7.11 Å². The third-order valence-electron chi connectivity index (χ3n) is 2.73. The van der Waals surface area contributed by atoms with Crippen LogP contribution in [0.4, 0.5) is 17.8 Å². The first-order chi connectivity index (χ1) is 8.99. The number of hydrogen-bond acceptors (Lipinski definition) is 7. The van der Waals surface area contributed by atoms with Gasteiger partial charge in [0.2, 0.25) is 17.8 Å². The van der Waals surface area contributed by atoms with Crippen LogP contribution in [0.3, 0.4) is 0 Å². The van der Waals surface area contributed by atoms with Gasteiger partial charge in [0.25, 0.3) is 0 Å². The fourth-order valence-electron chi connectivity index (χ4n) is 1.50. The number of rotatable bonds is 7. The Balaban J connectivity index is 3.04. The number of ether oxygens (including phenoxy) is 1. The number of methoxy groups -OCH3 is 1. The number of likely N-dealkylation sites (N-methyl/N-ethyl adjacent to an activating group) is 1. The highest BCUT2D eigenvalue weighted by atomic mass is 16.5. The highest BCUT2D eigenvalue weighted by Gasteiger charge is 2.15. The van der Waals surface area contributed by atoms with Gasteiger partial charge in [-0.25, -0.2) is 0 Å². The zero-order valence-electron chi connectivity index (χ0n) is 12.6. The summed E-state index contributed by atoms with van der Waals surface area (Å²) in [5.41, 5.74) is 0. The summed E-state index contributed by atoms with van der Waals surface area (Å²) >= 11 is 0. The Morgan fingerprint density at radius 3 is 2.32 bits per heavy atom. The van der Waals surface area contributed by atoms with Gasteiger partial charge in [0.15, 0.2) is 0 Å². The summed E-state index contributed by atoms with van der Waals surface area (Å²) < 4.78 is 5.16. The van der Waals surface area contributed by atoms with E-state index in [9.17, 15) is 0 Å². The number of aromatic nitrogens is 3. The molecule has 0 spiro atoms. The van der Waals surface area contributed by atoms with E-state index in [2.05, 4.69) is 27.2 Å². The Bertz CT molecular complexity index is 398. The van der Waals surface area contributed by atoms with Gasteiger partial charge in [-0.05, 0) is 13.8 Å². The molecule has 1 aromatic heterocycles. The van der Waals surface area contributed by atoms with E-state index < -0.39 is 0 Å². The van der Waals surface area contributed by atoms with Crippen LogP contribution in [0.25, 0.3) is 0 Å². The summed E-state index contributed by atoms with van der Waals surface area (Å²) in [4.78, 5) is 17.1. The van der Waals surface area contributed by atoms with E-state index >= 15 is 0 Å². The third-order valence-corrected chi connectivity index (χ3v) is 2.73. The van der Waals surface area contributed by atoms with Crippen LogP contribution < -0.4 is 15.1 Å². The lowest BCUT2D eigenvalue weighted by Gasteiger charge is -2.25. The predicted molar refractivity (Wildman–Crippen MR) is 78.1 cm³/mol. The van der Waals surface area contributed by atoms with Crippen LogP contribution in [-0.4, -0.2) is 62.4 Å². The third kappa shape index (κ3) is 4.20. The second-order valence-electron chi connectivity index (χ2n) is 4.60. The van der Waals surface area contributed by atoms with Crippen molar-refractivity contribution in [2.45, 2.75) is 19.9 Å². The van der Waals surface area contributed by atoms with E-state index in [-0.39, 0.29) is 6.04 Å². The monoisotopic (exact) mass is 268 g/mol. The Kier molecular flexibility index (Phi) is 5.75. The van der Waals surface area contributed by atoms with Crippen molar-refractivity contribution in [1.82, 2.24) is 15.0 Å². The van der Waals surface area contributed by atoms with E-state index in [1.165, 1.54) is 0 Å². The Morgan fingerprint density at radius 2 is 1.79 bits per heavy atom. The molecule has 0 aliphatic carbocycles. The summed E-state index contributed by atoms with van der Waals surface area (Å²) in [6.07, 6.45) is 0. The molecule has 0 saturated heterocycles. The molecule has 0 aliphatic rings. The van der Waals surface area contributed by atoms with Gasteiger partial charge in [-0.2, -0.15) is 15.0 Å². The smallest absolute Gasteiger partial charge is 0.232 e. The minimum atomic E-state index is 0.192. The van der Waals surface area contributed by atoms with E-state index in [0.717, 1.165) is 6.54 Å². The minimum absolute atomic E-state index is 0.192. The largest absolute Gasteiger partial charge is 0.383 e. The summed E-state index contributed by atoms with van der Waals surface area (Å²) in [5.74, 6) is 1.87. The van der Waals surface area contributed by atoms with Crippen molar-refractivity contribution in [3.8, 4) is 0 Å². The highest BCUT2D eigenvalue weighted by Crippen LogP contribution is 2.15. The van der Waals surface area contributed by atoms with E-state index in [1.807, 2.05) is 37.9 Å². The molecule has 0 bridgehead atoms. The van der Waals surface area contributed by atoms with Gasteiger partial charge < -0.3 is 19.9 Å². The molecule has 1 rings (SSSR count). The van der Waals surface area contributed by atoms with Gasteiger partial charge in [-0.1, -0.05) is 0 Å². The van der Waals surface area contributed by atoms with Gasteiger partial charge in [-0.3, -0.25) is 0 Å². The number of anilines is 3. The molecule has 0 saturated carbocycles. The van der Waals surface area contributed by atoms with E-state index in [0.29, 0.717) is 24.5 Å². The predicted octanol–water partition coefficient (Wildman–Crippen LogP) is 0.841.